The first-order chi connectivity index (χ1) is 9.13. The van der Waals surface area contributed by atoms with Crippen LogP contribution in [0.4, 0.5) is 0 Å². The fourth-order valence-electron chi connectivity index (χ4n) is 1.86. The Morgan fingerprint density at radius 2 is 2.00 bits per heavy atom. The largest absolute Gasteiger partial charge is 0.450 e. The predicted molar refractivity (Wildman–Crippen MR) is 64.4 cm³/mol. The molecule has 0 bridgehead atoms. The number of carbonyl (C=O) groups is 1. The van der Waals surface area contributed by atoms with Crippen LogP contribution in [-0.2, 0) is 14.2 Å². The molecule has 1 heterocycles. The van der Waals surface area contributed by atoms with Crippen LogP contribution in [0.5, 0.6) is 0 Å². The average Bonchev–Trinajstić information content (AvgIpc) is 2.45. The van der Waals surface area contributed by atoms with Crippen molar-refractivity contribution < 1.29 is 29.2 Å². The number of hydrogen-bond acceptors (Lipinski definition) is 6. The molecular weight excluding hydrogens is 252 g/mol. The summed E-state index contributed by atoms with van der Waals surface area (Å²) in [5, 5.41) is 19.4. The second-order valence-corrected chi connectivity index (χ2v) is 4.23. The molecular formula is C13H16O6. The fraction of sp³-hybridized carbons (Fsp3) is 0.462. The van der Waals surface area contributed by atoms with Gasteiger partial charge in [-0.3, -0.25) is 0 Å². The van der Waals surface area contributed by atoms with Gasteiger partial charge in [-0.2, -0.15) is 0 Å². The van der Waals surface area contributed by atoms with Crippen molar-refractivity contribution in [2.75, 3.05) is 13.7 Å². The van der Waals surface area contributed by atoms with Crippen molar-refractivity contribution in [3.63, 3.8) is 0 Å². The van der Waals surface area contributed by atoms with E-state index in [9.17, 15) is 15.0 Å². The maximum absolute atomic E-state index is 11.9. The van der Waals surface area contributed by atoms with Gasteiger partial charge in [0, 0.05) is 7.11 Å². The lowest BCUT2D eigenvalue weighted by Crippen LogP contribution is -2.55. The summed E-state index contributed by atoms with van der Waals surface area (Å²) in [6.45, 7) is -0.0704. The lowest BCUT2D eigenvalue weighted by atomic mass is 10.1. The highest BCUT2D eigenvalue weighted by molar-refractivity contribution is 5.89. The highest BCUT2D eigenvalue weighted by Crippen LogP contribution is 2.20. The Bertz CT molecular complexity index is 418. The van der Waals surface area contributed by atoms with E-state index in [1.807, 2.05) is 0 Å². The van der Waals surface area contributed by atoms with Crippen molar-refractivity contribution >= 4 is 5.97 Å². The summed E-state index contributed by atoms with van der Waals surface area (Å²) in [5.41, 5.74) is 0.351. The van der Waals surface area contributed by atoms with Crippen molar-refractivity contribution in [1.82, 2.24) is 0 Å². The highest BCUT2D eigenvalue weighted by atomic mass is 16.7. The Labute approximate surface area is 110 Å². The standard InChI is InChI=1S/C13H16O6/c1-17-13-11(10(15)9(14)7-18-13)19-12(16)8-5-3-2-4-6-8/h2-6,9-11,13-15H,7H2,1H3/t9-,10+,11-,13+/m1/s1. The normalized spacial score (nSPS) is 30.9. The maximum Gasteiger partial charge on any atom is 0.338 e. The van der Waals surface area contributed by atoms with E-state index in [-0.39, 0.29) is 6.61 Å². The number of benzene rings is 1. The van der Waals surface area contributed by atoms with Crippen LogP contribution in [0.2, 0.25) is 0 Å². The van der Waals surface area contributed by atoms with Crippen LogP contribution in [0.3, 0.4) is 0 Å². The Hall–Kier alpha value is -1.47. The van der Waals surface area contributed by atoms with Crippen molar-refractivity contribution in [3.8, 4) is 0 Å². The van der Waals surface area contributed by atoms with Gasteiger partial charge in [-0.05, 0) is 12.1 Å². The molecule has 1 saturated heterocycles. The molecule has 1 aliphatic heterocycles. The van der Waals surface area contributed by atoms with Gasteiger partial charge in [0.15, 0.2) is 12.4 Å². The molecule has 19 heavy (non-hydrogen) atoms. The summed E-state index contributed by atoms with van der Waals surface area (Å²) >= 11 is 0. The Balaban J connectivity index is 2.08. The number of aliphatic hydroxyl groups is 2. The van der Waals surface area contributed by atoms with Gasteiger partial charge in [0.1, 0.15) is 12.2 Å². The molecule has 2 N–H and O–H groups in total. The van der Waals surface area contributed by atoms with Crippen molar-refractivity contribution in [2.45, 2.75) is 24.6 Å². The number of hydrogen-bond donors (Lipinski definition) is 2. The molecule has 1 aromatic carbocycles. The molecule has 1 fully saturated rings. The summed E-state index contributed by atoms with van der Waals surface area (Å²) < 4.78 is 15.3. The molecule has 0 unspecified atom stereocenters. The molecule has 0 aliphatic carbocycles. The lowest BCUT2D eigenvalue weighted by Gasteiger charge is -2.36. The van der Waals surface area contributed by atoms with E-state index in [1.54, 1.807) is 30.3 Å². The van der Waals surface area contributed by atoms with Crippen molar-refractivity contribution in [3.05, 3.63) is 35.9 Å². The van der Waals surface area contributed by atoms with E-state index >= 15 is 0 Å². The minimum absolute atomic E-state index is 0.0704. The van der Waals surface area contributed by atoms with Crippen molar-refractivity contribution in [2.24, 2.45) is 0 Å². The Morgan fingerprint density at radius 1 is 1.32 bits per heavy atom. The molecule has 6 heteroatoms. The van der Waals surface area contributed by atoms with Gasteiger partial charge < -0.3 is 24.4 Å². The summed E-state index contributed by atoms with van der Waals surface area (Å²) in [4.78, 5) is 11.9. The van der Waals surface area contributed by atoms with Crippen LogP contribution >= 0.6 is 0 Å². The third-order valence-electron chi connectivity index (χ3n) is 2.92. The minimum Gasteiger partial charge on any atom is -0.450 e. The zero-order chi connectivity index (χ0) is 13.8. The fourth-order valence-corrected chi connectivity index (χ4v) is 1.86. The summed E-state index contributed by atoms with van der Waals surface area (Å²) in [6, 6.07) is 8.37. The molecule has 4 atom stereocenters. The van der Waals surface area contributed by atoms with Gasteiger partial charge in [-0.1, -0.05) is 18.2 Å². The quantitative estimate of drug-likeness (QED) is 0.747. The molecule has 0 aromatic heterocycles. The maximum atomic E-state index is 11.9. The van der Waals surface area contributed by atoms with E-state index in [0.29, 0.717) is 5.56 Å². The van der Waals surface area contributed by atoms with E-state index < -0.39 is 30.6 Å². The molecule has 1 aliphatic rings. The first-order valence-corrected chi connectivity index (χ1v) is 5.90. The monoisotopic (exact) mass is 268 g/mol. The first-order valence-electron chi connectivity index (χ1n) is 5.90. The second-order valence-electron chi connectivity index (χ2n) is 4.23. The first kappa shape index (κ1) is 14.0. The number of rotatable bonds is 3. The van der Waals surface area contributed by atoms with Crippen LogP contribution in [0.25, 0.3) is 0 Å². The molecule has 104 valence electrons. The SMILES string of the molecule is CO[C@H]1OC[C@@H](O)[C@H](O)[C@H]1OC(=O)c1ccccc1. The number of methoxy groups -OCH3 is 1. The minimum atomic E-state index is -1.24. The molecule has 0 spiro atoms. The van der Waals surface area contributed by atoms with Crippen LogP contribution in [0, 0.1) is 0 Å². The lowest BCUT2D eigenvalue weighted by molar-refractivity contribution is -0.261. The molecule has 6 nitrogen and oxygen atoms in total. The average molecular weight is 268 g/mol. The van der Waals surface area contributed by atoms with E-state index in [4.69, 9.17) is 14.2 Å². The third-order valence-corrected chi connectivity index (χ3v) is 2.92. The van der Waals surface area contributed by atoms with Gasteiger partial charge in [-0.25, -0.2) is 4.79 Å². The van der Waals surface area contributed by atoms with Gasteiger partial charge in [0.25, 0.3) is 0 Å². The molecule has 1 aromatic rings. The summed E-state index contributed by atoms with van der Waals surface area (Å²) in [5.74, 6) is -0.607. The van der Waals surface area contributed by atoms with Gasteiger partial charge in [0.2, 0.25) is 0 Å². The highest BCUT2D eigenvalue weighted by Gasteiger charge is 2.41. The second kappa shape index (κ2) is 6.12. The number of ether oxygens (including phenoxy) is 3. The van der Waals surface area contributed by atoms with Crippen LogP contribution in [-0.4, -0.2) is 54.5 Å². The van der Waals surface area contributed by atoms with Crippen LogP contribution < -0.4 is 0 Å². The zero-order valence-corrected chi connectivity index (χ0v) is 10.4. The van der Waals surface area contributed by atoms with Gasteiger partial charge >= 0.3 is 5.97 Å². The Morgan fingerprint density at radius 3 is 2.63 bits per heavy atom. The van der Waals surface area contributed by atoms with E-state index in [1.165, 1.54) is 7.11 Å². The number of esters is 1. The number of aliphatic hydroxyl groups excluding tert-OH is 2. The molecule has 0 radical (unpaired) electrons. The smallest absolute Gasteiger partial charge is 0.338 e. The molecule has 0 saturated carbocycles. The summed E-state index contributed by atoms with van der Waals surface area (Å²) in [6.07, 6.45) is -4.32. The molecule has 0 amide bonds. The zero-order valence-electron chi connectivity index (χ0n) is 10.4. The van der Waals surface area contributed by atoms with E-state index in [2.05, 4.69) is 0 Å². The molecule has 2 rings (SSSR count). The third kappa shape index (κ3) is 3.10. The Kier molecular flexibility index (Phi) is 4.49. The van der Waals surface area contributed by atoms with E-state index in [0.717, 1.165) is 0 Å². The number of carbonyl (C=O) groups excluding carboxylic acids is 1. The van der Waals surface area contributed by atoms with Crippen molar-refractivity contribution in [1.29, 1.82) is 0 Å². The topological polar surface area (TPSA) is 85.2 Å². The van der Waals surface area contributed by atoms with Gasteiger partial charge in [-0.15, -0.1) is 0 Å². The van der Waals surface area contributed by atoms with Crippen LogP contribution in [0.15, 0.2) is 30.3 Å². The van der Waals surface area contributed by atoms with Gasteiger partial charge in [0.05, 0.1) is 12.2 Å². The summed E-state index contributed by atoms with van der Waals surface area (Å²) in [7, 11) is 1.37. The van der Waals surface area contributed by atoms with Crippen LogP contribution in [0.1, 0.15) is 10.4 Å². The predicted octanol–water partition coefficient (Wildman–Crippen LogP) is -0.0635.